The SMILES string of the molecule is Cc1cccc2c1ncc1cccn12. The molecule has 68 valence electrons. The van der Waals surface area contributed by atoms with Crippen LogP contribution in [-0.2, 0) is 0 Å². The largest absolute Gasteiger partial charge is 0.314 e. The van der Waals surface area contributed by atoms with E-state index in [2.05, 4.69) is 46.8 Å². The van der Waals surface area contributed by atoms with Crippen molar-refractivity contribution in [1.29, 1.82) is 0 Å². The zero-order chi connectivity index (χ0) is 9.54. The molecule has 0 aliphatic rings. The molecule has 0 aliphatic carbocycles. The van der Waals surface area contributed by atoms with Crippen molar-refractivity contribution in [3.05, 3.63) is 48.3 Å². The number of hydrogen-bond acceptors (Lipinski definition) is 1. The van der Waals surface area contributed by atoms with Gasteiger partial charge in [0.25, 0.3) is 0 Å². The predicted molar refractivity (Wildman–Crippen MR) is 57.4 cm³/mol. The topological polar surface area (TPSA) is 17.3 Å². The van der Waals surface area contributed by atoms with E-state index in [1.54, 1.807) is 0 Å². The van der Waals surface area contributed by atoms with Crippen LogP contribution in [0.5, 0.6) is 0 Å². The summed E-state index contributed by atoms with van der Waals surface area (Å²) in [6.07, 6.45) is 3.98. The Morgan fingerprint density at radius 2 is 2.07 bits per heavy atom. The Bertz CT molecular complexity index is 608. The summed E-state index contributed by atoms with van der Waals surface area (Å²) >= 11 is 0. The summed E-state index contributed by atoms with van der Waals surface area (Å²) in [5.74, 6) is 0. The third-order valence-corrected chi connectivity index (χ3v) is 2.58. The number of benzene rings is 1. The molecular formula is C12H10N2. The fourth-order valence-electron chi connectivity index (χ4n) is 1.86. The molecule has 14 heavy (non-hydrogen) atoms. The van der Waals surface area contributed by atoms with Gasteiger partial charge >= 0.3 is 0 Å². The fraction of sp³-hybridized carbons (Fsp3) is 0.0833. The van der Waals surface area contributed by atoms with Gasteiger partial charge in [-0.15, -0.1) is 0 Å². The molecule has 0 radical (unpaired) electrons. The lowest BCUT2D eigenvalue weighted by Crippen LogP contribution is -1.90. The molecule has 0 unspecified atom stereocenters. The Morgan fingerprint density at radius 1 is 1.14 bits per heavy atom. The highest BCUT2D eigenvalue weighted by Crippen LogP contribution is 2.17. The second kappa shape index (κ2) is 2.58. The summed E-state index contributed by atoms with van der Waals surface area (Å²) in [7, 11) is 0. The molecule has 2 heteroatoms. The van der Waals surface area contributed by atoms with Crippen molar-refractivity contribution in [3.63, 3.8) is 0 Å². The van der Waals surface area contributed by atoms with E-state index in [1.165, 1.54) is 11.1 Å². The highest BCUT2D eigenvalue weighted by molar-refractivity contribution is 5.81. The van der Waals surface area contributed by atoms with Crippen molar-refractivity contribution >= 4 is 16.6 Å². The molecule has 0 saturated heterocycles. The molecule has 3 aromatic rings. The molecule has 0 aliphatic heterocycles. The molecular weight excluding hydrogens is 172 g/mol. The molecule has 0 bridgehead atoms. The molecule has 3 rings (SSSR count). The Balaban J connectivity index is 2.64. The van der Waals surface area contributed by atoms with Crippen molar-refractivity contribution in [2.45, 2.75) is 6.92 Å². The van der Waals surface area contributed by atoms with Gasteiger partial charge in [0.1, 0.15) is 0 Å². The molecule has 1 aromatic carbocycles. The third-order valence-electron chi connectivity index (χ3n) is 2.58. The van der Waals surface area contributed by atoms with Gasteiger partial charge in [0.2, 0.25) is 0 Å². The molecule has 0 fully saturated rings. The summed E-state index contributed by atoms with van der Waals surface area (Å²) < 4.78 is 2.16. The number of fused-ring (bicyclic) bond motifs is 3. The lowest BCUT2D eigenvalue weighted by Gasteiger charge is -2.03. The molecule has 2 heterocycles. The van der Waals surface area contributed by atoms with Crippen LogP contribution in [0.1, 0.15) is 5.56 Å². The number of hydrogen-bond donors (Lipinski definition) is 0. The summed E-state index contributed by atoms with van der Waals surface area (Å²) in [6, 6.07) is 10.4. The van der Waals surface area contributed by atoms with Crippen LogP contribution in [0, 0.1) is 6.92 Å². The fourth-order valence-corrected chi connectivity index (χ4v) is 1.86. The lowest BCUT2D eigenvalue weighted by molar-refractivity contribution is 1.22. The molecule has 0 saturated carbocycles. The minimum atomic E-state index is 1.08. The second-order valence-corrected chi connectivity index (χ2v) is 3.50. The van der Waals surface area contributed by atoms with E-state index in [9.17, 15) is 0 Å². The van der Waals surface area contributed by atoms with Crippen LogP contribution < -0.4 is 0 Å². The summed E-state index contributed by atoms with van der Waals surface area (Å²) in [4.78, 5) is 4.46. The maximum absolute atomic E-state index is 4.46. The molecule has 2 aromatic heterocycles. The number of rotatable bonds is 0. The Morgan fingerprint density at radius 3 is 3.00 bits per heavy atom. The van der Waals surface area contributed by atoms with Crippen molar-refractivity contribution < 1.29 is 0 Å². The molecule has 0 atom stereocenters. The van der Waals surface area contributed by atoms with Crippen LogP contribution in [0.15, 0.2) is 42.7 Å². The second-order valence-electron chi connectivity index (χ2n) is 3.50. The first-order valence-electron chi connectivity index (χ1n) is 4.68. The quantitative estimate of drug-likeness (QED) is 0.522. The van der Waals surface area contributed by atoms with E-state index in [1.807, 2.05) is 12.3 Å². The first kappa shape index (κ1) is 7.56. The average molecular weight is 182 g/mol. The van der Waals surface area contributed by atoms with Crippen LogP contribution in [0.3, 0.4) is 0 Å². The van der Waals surface area contributed by atoms with E-state index in [-0.39, 0.29) is 0 Å². The van der Waals surface area contributed by atoms with Crippen LogP contribution in [-0.4, -0.2) is 9.38 Å². The van der Waals surface area contributed by atoms with Crippen molar-refractivity contribution in [2.75, 3.05) is 0 Å². The normalized spacial score (nSPS) is 11.2. The average Bonchev–Trinajstić information content (AvgIpc) is 2.66. The van der Waals surface area contributed by atoms with Gasteiger partial charge in [0, 0.05) is 6.20 Å². The number of para-hydroxylation sites is 1. The third kappa shape index (κ3) is 0.880. The van der Waals surface area contributed by atoms with E-state index >= 15 is 0 Å². The zero-order valence-electron chi connectivity index (χ0n) is 7.94. The van der Waals surface area contributed by atoms with Gasteiger partial charge in [-0.05, 0) is 30.7 Å². The summed E-state index contributed by atoms with van der Waals surface area (Å²) in [6.45, 7) is 2.09. The maximum Gasteiger partial charge on any atom is 0.0899 e. The molecule has 0 spiro atoms. The van der Waals surface area contributed by atoms with Gasteiger partial charge in [-0.1, -0.05) is 12.1 Å². The highest BCUT2D eigenvalue weighted by Gasteiger charge is 2.01. The van der Waals surface area contributed by atoms with Gasteiger partial charge in [0.15, 0.2) is 0 Å². The standard InChI is InChI=1S/C12H10N2/c1-9-4-2-6-11-12(9)13-8-10-5-3-7-14(10)11/h2-8H,1H3. The maximum atomic E-state index is 4.46. The van der Waals surface area contributed by atoms with Crippen molar-refractivity contribution in [1.82, 2.24) is 9.38 Å². The Labute approximate surface area is 81.8 Å². The zero-order valence-corrected chi connectivity index (χ0v) is 7.94. The Hall–Kier alpha value is -1.83. The van der Waals surface area contributed by atoms with E-state index in [0.29, 0.717) is 0 Å². The van der Waals surface area contributed by atoms with Gasteiger partial charge in [0.05, 0.1) is 22.7 Å². The monoisotopic (exact) mass is 182 g/mol. The summed E-state index contributed by atoms with van der Waals surface area (Å²) in [5.41, 5.74) is 4.62. The number of nitrogens with zero attached hydrogens (tertiary/aromatic N) is 2. The minimum Gasteiger partial charge on any atom is -0.314 e. The number of aromatic nitrogens is 2. The van der Waals surface area contributed by atoms with E-state index in [0.717, 1.165) is 11.0 Å². The smallest absolute Gasteiger partial charge is 0.0899 e. The van der Waals surface area contributed by atoms with Crippen LogP contribution in [0.25, 0.3) is 16.6 Å². The van der Waals surface area contributed by atoms with Crippen molar-refractivity contribution in [3.8, 4) is 0 Å². The van der Waals surface area contributed by atoms with E-state index < -0.39 is 0 Å². The first-order valence-corrected chi connectivity index (χ1v) is 4.68. The van der Waals surface area contributed by atoms with Gasteiger partial charge in [-0.25, -0.2) is 0 Å². The molecule has 0 amide bonds. The van der Waals surface area contributed by atoms with Crippen molar-refractivity contribution in [2.24, 2.45) is 0 Å². The van der Waals surface area contributed by atoms with Gasteiger partial charge < -0.3 is 4.40 Å². The molecule has 2 nitrogen and oxygen atoms in total. The molecule has 0 N–H and O–H groups in total. The van der Waals surface area contributed by atoms with Gasteiger partial charge in [-0.3, -0.25) is 4.98 Å². The predicted octanol–water partition coefficient (Wildman–Crippen LogP) is 2.80. The van der Waals surface area contributed by atoms with Crippen LogP contribution in [0.4, 0.5) is 0 Å². The minimum absolute atomic E-state index is 1.08. The van der Waals surface area contributed by atoms with Crippen LogP contribution in [0.2, 0.25) is 0 Å². The highest BCUT2D eigenvalue weighted by atomic mass is 14.9. The Kier molecular flexibility index (Phi) is 1.39. The van der Waals surface area contributed by atoms with Gasteiger partial charge in [-0.2, -0.15) is 0 Å². The summed E-state index contributed by atoms with van der Waals surface area (Å²) in [5, 5.41) is 0. The van der Waals surface area contributed by atoms with E-state index in [4.69, 9.17) is 0 Å². The number of aryl methyl sites for hydroxylation is 1. The van der Waals surface area contributed by atoms with Crippen LogP contribution >= 0.6 is 0 Å². The first-order chi connectivity index (χ1) is 6.86. The lowest BCUT2D eigenvalue weighted by atomic mass is 10.2.